The Balaban J connectivity index is 2.09. The predicted molar refractivity (Wildman–Crippen MR) is 75.2 cm³/mol. The highest BCUT2D eigenvalue weighted by atomic mass is 16.2. The molecule has 0 bridgehead atoms. The molecule has 19 heavy (non-hydrogen) atoms. The molecule has 1 N–H and O–H groups in total. The lowest BCUT2D eigenvalue weighted by molar-refractivity contribution is 0.0775. The van der Waals surface area contributed by atoms with Crippen LogP contribution in [0.1, 0.15) is 36.5 Å². The summed E-state index contributed by atoms with van der Waals surface area (Å²) >= 11 is 0. The number of amides is 1. The molecule has 1 aromatic rings. The van der Waals surface area contributed by atoms with Crippen LogP contribution >= 0.6 is 0 Å². The predicted octanol–water partition coefficient (Wildman–Crippen LogP) is 1.15. The monoisotopic (exact) mass is 264 g/mol. The standard InChI is InChI=1S/C14H24N4O/c1-4-12-8-13(18(5-2)16-12)14(19)17-7-6-11(10-17)9-15-3/h8,11,15H,4-7,9-10H2,1-3H3. The topological polar surface area (TPSA) is 50.2 Å². The van der Waals surface area contributed by atoms with Crippen molar-refractivity contribution in [3.63, 3.8) is 0 Å². The molecular formula is C14H24N4O. The number of likely N-dealkylation sites (tertiary alicyclic amines) is 1. The molecule has 0 aromatic carbocycles. The Hall–Kier alpha value is -1.36. The van der Waals surface area contributed by atoms with Gasteiger partial charge in [-0.1, -0.05) is 6.92 Å². The van der Waals surface area contributed by atoms with Gasteiger partial charge in [0, 0.05) is 19.6 Å². The van der Waals surface area contributed by atoms with Gasteiger partial charge in [0.1, 0.15) is 5.69 Å². The number of hydrogen-bond acceptors (Lipinski definition) is 3. The fourth-order valence-electron chi connectivity index (χ4n) is 2.69. The minimum Gasteiger partial charge on any atom is -0.337 e. The van der Waals surface area contributed by atoms with Gasteiger partial charge >= 0.3 is 0 Å². The molecule has 5 nitrogen and oxygen atoms in total. The lowest BCUT2D eigenvalue weighted by Gasteiger charge is -2.16. The van der Waals surface area contributed by atoms with Crippen molar-refractivity contribution in [3.8, 4) is 0 Å². The fraction of sp³-hybridized carbons (Fsp3) is 0.714. The largest absolute Gasteiger partial charge is 0.337 e. The molecule has 1 fully saturated rings. The van der Waals surface area contributed by atoms with Gasteiger partial charge in [-0.15, -0.1) is 0 Å². The first-order valence-corrected chi connectivity index (χ1v) is 7.20. The molecule has 1 aromatic heterocycles. The SMILES string of the molecule is CCc1cc(C(=O)N2CCC(CNC)C2)n(CC)n1. The Morgan fingerprint density at radius 1 is 1.53 bits per heavy atom. The second kappa shape index (κ2) is 6.19. The molecule has 1 unspecified atom stereocenters. The minimum atomic E-state index is 0.132. The Bertz CT molecular complexity index is 441. The van der Waals surface area contributed by atoms with Gasteiger partial charge in [0.05, 0.1) is 5.69 Å². The number of aromatic nitrogens is 2. The first-order chi connectivity index (χ1) is 9.19. The highest BCUT2D eigenvalue weighted by molar-refractivity contribution is 5.93. The van der Waals surface area contributed by atoms with E-state index in [-0.39, 0.29) is 5.91 Å². The first-order valence-electron chi connectivity index (χ1n) is 7.20. The van der Waals surface area contributed by atoms with Gasteiger partial charge in [-0.05, 0) is 45.3 Å². The van der Waals surface area contributed by atoms with Gasteiger partial charge < -0.3 is 10.2 Å². The van der Waals surface area contributed by atoms with E-state index in [2.05, 4.69) is 17.3 Å². The second-order valence-electron chi connectivity index (χ2n) is 5.15. The molecule has 5 heteroatoms. The van der Waals surface area contributed by atoms with Crippen LogP contribution in [0.3, 0.4) is 0 Å². The van der Waals surface area contributed by atoms with Crippen LogP contribution in [0.5, 0.6) is 0 Å². The summed E-state index contributed by atoms with van der Waals surface area (Å²) in [5.74, 6) is 0.713. The normalized spacial score (nSPS) is 19.1. The molecule has 0 spiro atoms. The van der Waals surface area contributed by atoms with E-state index in [0.717, 1.165) is 50.4 Å². The molecule has 1 aliphatic heterocycles. The van der Waals surface area contributed by atoms with Gasteiger partial charge in [-0.25, -0.2) is 0 Å². The van der Waals surface area contributed by atoms with Gasteiger partial charge in [0.25, 0.3) is 5.91 Å². The van der Waals surface area contributed by atoms with E-state index in [0.29, 0.717) is 5.92 Å². The highest BCUT2D eigenvalue weighted by Gasteiger charge is 2.28. The summed E-state index contributed by atoms with van der Waals surface area (Å²) < 4.78 is 1.83. The maximum Gasteiger partial charge on any atom is 0.272 e. The third-order valence-corrected chi connectivity index (χ3v) is 3.78. The van der Waals surface area contributed by atoms with Crippen molar-refractivity contribution in [1.29, 1.82) is 0 Å². The van der Waals surface area contributed by atoms with Gasteiger partial charge in [-0.2, -0.15) is 5.10 Å². The van der Waals surface area contributed by atoms with E-state index in [1.165, 1.54) is 0 Å². The van der Waals surface area contributed by atoms with Gasteiger partial charge in [0.15, 0.2) is 0 Å². The van der Waals surface area contributed by atoms with Crippen molar-refractivity contribution in [1.82, 2.24) is 20.0 Å². The molecule has 2 rings (SSSR count). The molecule has 1 aliphatic rings. The van der Waals surface area contributed by atoms with E-state index in [9.17, 15) is 4.79 Å². The van der Waals surface area contributed by atoms with Crippen molar-refractivity contribution in [2.24, 2.45) is 5.92 Å². The Morgan fingerprint density at radius 2 is 2.32 bits per heavy atom. The number of nitrogens with zero attached hydrogens (tertiary/aromatic N) is 3. The fourth-order valence-corrected chi connectivity index (χ4v) is 2.69. The van der Waals surface area contributed by atoms with Crippen LogP contribution in [0.2, 0.25) is 0 Å². The molecular weight excluding hydrogens is 240 g/mol. The summed E-state index contributed by atoms with van der Waals surface area (Å²) in [5, 5.41) is 7.64. The number of nitrogens with one attached hydrogen (secondary N) is 1. The summed E-state index contributed by atoms with van der Waals surface area (Å²) in [6.45, 7) is 7.54. The Morgan fingerprint density at radius 3 is 2.95 bits per heavy atom. The molecule has 2 heterocycles. The van der Waals surface area contributed by atoms with Crippen LogP contribution in [-0.2, 0) is 13.0 Å². The van der Waals surface area contributed by atoms with Crippen LogP contribution in [0.4, 0.5) is 0 Å². The number of hydrogen-bond donors (Lipinski definition) is 1. The summed E-state index contributed by atoms with van der Waals surface area (Å²) in [6.07, 6.45) is 1.96. The Labute approximate surface area is 115 Å². The second-order valence-corrected chi connectivity index (χ2v) is 5.15. The van der Waals surface area contributed by atoms with Crippen LogP contribution < -0.4 is 5.32 Å². The van der Waals surface area contributed by atoms with Crippen LogP contribution in [0.25, 0.3) is 0 Å². The van der Waals surface area contributed by atoms with Gasteiger partial charge in [-0.3, -0.25) is 9.48 Å². The third-order valence-electron chi connectivity index (χ3n) is 3.78. The quantitative estimate of drug-likeness (QED) is 0.868. The zero-order valence-corrected chi connectivity index (χ0v) is 12.1. The summed E-state index contributed by atoms with van der Waals surface area (Å²) in [4.78, 5) is 14.5. The number of rotatable bonds is 5. The maximum atomic E-state index is 12.6. The summed E-state index contributed by atoms with van der Waals surface area (Å²) in [5.41, 5.74) is 1.74. The van der Waals surface area contributed by atoms with E-state index >= 15 is 0 Å². The van der Waals surface area contributed by atoms with E-state index in [1.54, 1.807) is 0 Å². The van der Waals surface area contributed by atoms with Crippen LogP contribution in [0.15, 0.2) is 6.07 Å². The molecule has 0 radical (unpaired) electrons. The van der Waals surface area contributed by atoms with Crippen LogP contribution in [-0.4, -0.2) is 47.3 Å². The molecule has 1 saturated heterocycles. The zero-order chi connectivity index (χ0) is 13.8. The average molecular weight is 264 g/mol. The van der Waals surface area contributed by atoms with Crippen LogP contribution in [0, 0.1) is 5.92 Å². The molecule has 0 aliphatic carbocycles. The van der Waals surface area contributed by atoms with Crippen molar-refractivity contribution in [3.05, 3.63) is 17.5 Å². The number of carbonyl (C=O) groups excluding carboxylic acids is 1. The van der Waals surface area contributed by atoms with E-state index in [1.807, 2.05) is 29.6 Å². The minimum absolute atomic E-state index is 0.132. The zero-order valence-electron chi connectivity index (χ0n) is 12.1. The van der Waals surface area contributed by atoms with Crippen molar-refractivity contribution in [2.75, 3.05) is 26.7 Å². The Kier molecular flexibility index (Phi) is 4.58. The lowest BCUT2D eigenvalue weighted by atomic mass is 10.1. The number of carbonyl (C=O) groups is 1. The summed E-state index contributed by atoms with van der Waals surface area (Å²) in [6, 6.07) is 1.94. The molecule has 1 amide bonds. The van der Waals surface area contributed by atoms with Crippen molar-refractivity contribution >= 4 is 5.91 Å². The van der Waals surface area contributed by atoms with Crippen molar-refractivity contribution in [2.45, 2.75) is 33.2 Å². The molecule has 1 atom stereocenters. The maximum absolute atomic E-state index is 12.6. The lowest BCUT2D eigenvalue weighted by Crippen LogP contribution is -2.31. The average Bonchev–Trinajstić information content (AvgIpc) is 3.04. The molecule has 106 valence electrons. The third kappa shape index (κ3) is 2.97. The smallest absolute Gasteiger partial charge is 0.272 e. The number of aryl methyl sites for hydroxylation is 2. The highest BCUT2D eigenvalue weighted by Crippen LogP contribution is 2.18. The molecule has 0 saturated carbocycles. The first kappa shape index (κ1) is 14.1. The summed E-state index contributed by atoms with van der Waals surface area (Å²) in [7, 11) is 1.96. The van der Waals surface area contributed by atoms with E-state index in [4.69, 9.17) is 0 Å². The van der Waals surface area contributed by atoms with Crippen molar-refractivity contribution < 1.29 is 4.79 Å². The van der Waals surface area contributed by atoms with Gasteiger partial charge in [0.2, 0.25) is 0 Å². The van der Waals surface area contributed by atoms with E-state index < -0.39 is 0 Å².